The monoisotopic (exact) mass is 306 g/mol. The molecular formula is C12H19ClN2O3S. The largest absolute Gasteiger partial charge is 0.380 e. The van der Waals surface area contributed by atoms with Crippen LogP contribution in [0.2, 0.25) is 5.02 Å². The van der Waals surface area contributed by atoms with Gasteiger partial charge in [-0.25, -0.2) is 13.1 Å². The molecule has 19 heavy (non-hydrogen) atoms. The van der Waals surface area contributed by atoms with Crippen molar-refractivity contribution in [1.82, 2.24) is 10.0 Å². The van der Waals surface area contributed by atoms with Gasteiger partial charge in [-0.2, -0.15) is 0 Å². The van der Waals surface area contributed by atoms with E-state index in [1.807, 2.05) is 0 Å². The van der Waals surface area contributed by atoms with Gasteiger partial charge in [-0.3, -0.25) is 0 Å². The molecule has 0 radical (unpaired) electrons. The van der Waals surface area contributed by atoms with Crippen molar-refractivity contribution in [1.29, 1.82) is 0 Å². The number of hydrogen-bond acceptors (Lipinski definition) is 4. The van der Waals surface area contributed by atoms with Crippen LogP contribution in [-0.4, -0.2) is 35.2 Å². The van der Waals surface area contributed by atoms with Crippen molar-refractivity contribution in [3.8, 4) is 0 Å². The van der Waals surface area contributed by atoms with Gasteiger partial charge in [-0.1, -0.05) is 11.6 Å². The van der Waals surface area contributed by atoms with Crippen LogP contribution >= 0.6 is 11.6 Å². The van der Waals surface area contributed by atoms with Gasteiger partial charge in [0.05, 0.1) is 11.0 Å². The summed E-state index contributed by atoms with van der Waals surface area (Å²) in [6.45, 7) is 2.52. The second-order valence-corrected chi connectivity index (χ2v) is 6.36. The van der Waals surface area contributed by atoms with Crippen molar-refractivity contribution >= 4 is 21.6 Å². The number of halogens is 1. The molecule has 0 amide bonds. The highest BCUT2D eigenvalue weighted by Crippen LogP contribution is 2.20. The van der Waals surface area contributed by atoms with E-state index in [9.17, 15) is 8.42 Å². The van der Waals surface area contributed by atoms with E-state index in [2.05, 4.69) is 10.0 Å². The first-order chi connectivity index (χ1) is 8.90. The van der Waals surface area contributed by atoms with E-state index in [1.165, 1.54) is 13.2 Å². The van der Waals surface area contributed by atoms with E-state index >= 15 is 0 Å². The summed E-state index contributed by atoms with van der Waals surface area (Å²) in [5.74, 6) is 0. The number of sulfonamides is 1. The van der Waals surface area contributed by atoms with Gasteiger partial charge >= 0.3 is 0 Å². The lowest BCUT2D eigenvalue weighted by Crippen LogP contribution is -2.31. The molecule has 0 spiro atoms. The van der Waals surface area contributed by atoms with Crippen molar-refractivity contribution in [3.05, 3.63) is 28.8 Å². The molecule has 1 aromatic carbocycles. The lowest BCUT2D eigenvalue weighted by molar-refractivity contribution is 0.122. The minimum atomic E-state index is -3.54. The second kappa shape index (κ2) is 7.21. The quantitative estimate of drug-likeness (QED) is 0.798. The first-order valence-corrected chi connectivity index (χ1v) is 7.72. The average molecular weight is 307 g/mol. The highest BCUT2D eigenvalue weighted by atomic mass is 35.5. The predicted molar refractivity (Wildman–Crippen MR) is 75.9 cm³/mol. The number of hydrogen-bond donors (Lipinski definition) is 2. The average Bonchev–Trinajstić information content (AvgIpc) is 2.38. The number of benzene rings is 1. The molecule has 0 saturated carbocycles. The van der Waals surface area contributed by atoms with Gasteiger partial charge in [0, 0.05) is 25.2 Å². The molecule has 2 N–H and O–H groups in total. The van der Waals surface area contributed by atoms with E-state index in [4.69, 9.17) is 16.3 Å². The van der Waals surface area contributed by atoms with Crippen LogP contribution < -0.4 is 10.0 Å². The Morgan fingerprint density at radius 2 is 2.11 bits per heavy atom. The van der Waals surface area contributed by atoms with Crippen LogP contribution in [0.3, 0.4) is 0 Å². The molecule has 0 aliphatic carbocycles. The van der Waals surface area contributed by atoms with E-state index in [0.29, 0.717) is 11.6 Å². The molecule has 0 saturated heterocycles. The lowest BCUT2D eigenvalue weighted by Gasteiger charge is -2.12. The highest BCUT2D eigenvalue weighted by molar-refractivity contribution is 7.89. The van der Waals surface area contributed by atoms with Gasteiger partial charge in [-0.15, -0.1) is 0 Å². The van der Waals surface area contributed by atoms with Crippen molar-refractivity contribution in [2.75, 3.05) is 20.7 Å². The smallest absolute Gasteiger partial charge is 0.240 e. The summed E-state index contributed by atoms with van der Waals surface area (Å²) in [6, 6.07) is 4.64. The topological polar surface area (TPSA) is 67.4 Å². The Labute approximate surface area is 119 Å². The molecule has 1 aromatic rings. The van der Waals surface area contributed by atoms with Crippen LogP contribution in [0.4, 0.5) is 0 Å². The Hall–Kier alpha value is -0.660. The molecule has 0 bridgehead atoms. The van der Waals surface area contributed by atoms with E-state index in [1.54, 1.807) is 26.1 Å². The summed E-state index contributed by atoms with van der Waals surface area (Å²) in [5.41, 5.74) is 0.742. The summed E-state index contributed by atoms with van der Waals surface area (Å²) in [7, 11) is -0.232. The van der Waals surface area contributed by atoms with Gasteiger partial charge in [0.25, 0.3) is 0 Å². The van der Waals surface area contributed by atoms with Gasteiger partial charge in [0.15, 0.2) is 0 Å². The fourth-order valence-corrected chi connectivity index (χ4v) is 2.79. The van der Waals surface area contributed by atoms with Crippen LogP contribution in [0, 0.1) is 0 Å². The Morgan fingerprint density at radius 1 is 1.42 bits per heavy atom. The predicted octanol–water partition coefficient (Wildman–Crippen LogP) is 1.37. The maximum Gasteiger partial charge on any atom is 0.240 e. The van der Waals surface area contributed by atoms with Crippen LogP contribution in [0.25, 0.3) is 0 Å². The van der Waals surface area contributed by atoms with E-state index in [0.717, 1.165) is 5.56 Å². The van der Waals surface area contributed by atoms with E-state index in [-0.39, 0.29) is 17.5 Å². The van der Waals surface area contributed by atoms with Crippen molar-refractivity contribution in [2.24, 2.45) is 0 Å². The van der Waals surface area contributed by atoms with Gasteiger partial charge in [0.1, 0.15) is 0 Å². The number of rotatable bonds is 7. The van der Waals surface area contributed by atoms with Crippen LogP contribution in [-0.2, 0) is 21.3 Å². The summed E-state index contributed by atoms with van der Waals surface area (Å²) in [6.07, 6.45) is -0.182. The van der Waals surface area contributed by atoms with Crippen molar-refractivity contribution < 1.29 is 13.2 Å². The molecule has 1 atom stereocenters. The Balaban J connectivity index is 2.92. The molecule has 0 heterocycles. The summed E-state index contributed by atoms with van der Waals surface area (Å²) in [5, 5.41) is 3.48. The van der Waals surface area contributed by atoms with Gasteiger partial charge in [0.2, 0.25) is 10.0 Å². The molecule has 0 fully saturated rings. The zero-order valence-electron chi connectivity index (χ0n) is 11.2. The van der Waals surface area contributed by atoms with Crippen molar-refractivity contribution in [3.63, 3.8) is 0 Å². The fourth-order valence-electron chi connectivity index (χ4n) is 1.44. The van der Waals surface area contributed by atoms with Crippen LogP contribution in [0.1, 0.15) is 12.5 Å². The van der Waals surface area contributed by atoms with Crippen LogP contribution in [0.5, 0.6) is 0 Å². The minimum Gasteiger partial charge on any atom is -0.380 e. The Bertz CT molecular complexity index is 520. The fraction of sp³-hybridized carbons (Fsp3) is 0.500. The third kappa shape index (κ3) is 4.74. The molecule has 7 heteroatoms. The summed E-state index contributed by atoms with van der Waals surface area (Å²) >= 11 is 6.00. The van der Waals surface area contributed by atoms with Gasteiger partial charge < -0.3 is 10.1 Å². The van der Waals surface area contributed by atoms with Crippen LogP contribution in [0.15, 0.2) is 23.1 Å². The summed E-state index contributed by atoms with van der Waals surface area (Å²) in [4.78, 5) is 0.199. The van der Waals surface area contributed by atoms with Gasteiger partial charge in [-0.05, 0) is 37.7 Å². The Morgan fingerprint density at radius 3 is 2.68 bits per heavy atom. The maximum atomic E-state index is 12.1. The number of nitrogens with one attached hydrogen (secondary N) is 2. The highest BCUT2D eigenvalue weighted by Gasteiger charge is 2.16. The molecule has 1 rings (SSSR count). The third-order valence-electron chi connectivity index (χ3n) is 2.66. The zero-order chi connectivity index (χ0) is 14.5. The molecule has 1 unspecified atom stereocenters. The maximum absolute atomic E-state index is 12.1. The second-order valence-electron chi connectivity index (χ2n) is 4.18. The molecular weight excluding hydrogens is 288 g/mol. The standard InChI is InChI=1S/C12H19ClN2O3S/c1-9(18-3)7-15-19(16,17)11-4-5-12(13)10(6-11)8-14-2/h4-6,9,14-15H,7-8H2,1-3H3. The molecule has 0 aliphatic heterocycles. The Kier molecular flexibility index (Phi) is 6.22. The van der Waals surface area contributed by atoms with Crippen molar-refractivity contribution in [2.45, 2.75) is 24.5 Å². The molecule has 0 aliphatic rings. The molecule has 108 valence electrons. The number of ether oxygens (including phenoxy) is 1. The first kappa shape index (κ1) is 16.4. The normalized spacial score (nSPS) is 13.5. The SMILES string of the molecule is CNCc1cc(S(=O)(=O)NCC(C)OC)ccc1Cl. The first-order valence-electron chi connectivity index (χ1n) is 5.86. The summed E-state index contributed by atoms with van der Waals surface area (Å²) < 4.78 is 31.7. The lowest BCUT2D eigenvalue weighted by atomic mass is 10.2. The minimum absolute atomic E-state index is 0.182. The van der Waals surface area contributed by atoms with E-state index < -0.39 is 10.0 Å². The molecule has 5 nitrogen and oxygen atoms in total. The molecule has 0 aromatic heterocycles. The third-order valence-corrected chi connectivity index (χ3v) is 4.45. The zero-order valence-corrected chi connectivity index (χ0v) is 12.8. The number of methoxy groups -OCH3 is 1.